The summed E-state index contributed by atoms with van der Waals surface area (Å²) < 4.78 is 43.8. The van der Waals surface area contributed by atoms with E-state index in [0.717, 1.165) is 19.3 Å². The van der Waals surface area contributed by atoms with Crippen molar-refractivity contribution in [3.05, 3.63) is 0 Å². The van der Waals surface area contributed by atoms with Gasteiger partial charge in [0.1, 0.15) is 18.3 Å². The first-order valence-electron chi connectivity index (χ1n) is 15.5. The average molecular weight is 617 g/mol. The van der Waals surface area contributed by atoms with Gasteiger partial charge in [-0.2, -0.15) is 13.2 Å². The van der Waals surface area contributed by atoms with E-state index in [1.54, 1.807) is 0 Å². The van der Waals surface area contributed by atoms with Crippen LogP contribution in [0.5, 0.6) is 0 Å². The Bertz CT molecular complexity index is 688. The summed E-state index contributed by atoms with van der Waals surface area (Å²) in [5.41, 5.74) is 0. The second-order valence-electron chi connectivity index (χ2n) is 10.9. The van der Waals surface area contributed by atoms with E-state index in [-0.39, 0.29) is 19.4 Å². The number of unbranched alkanes of at least 4 members (excludes halogenated alkanes) is 12. The summed E-state index contributed by atoms with van der Waals surface area (Å²) in [5.74, 6) is -3.25. The molecular formula is C29H55F3N2O8. The average Bonchev–Trinajstić information content (AvgIpc) is 2.96. The molecule has 0 aromatic rings. The van der Waals surface area contributed by atoms with Crippen LogP contribution in [0.4, 0.5) is 13.2 Å². The number of ether oxygens (including phenoxy) is 1. The summed E-state index contributed by atoms with van der Waals surface area (Å²) >= 11 is 0. The van der Waals surface area contributed by atoms with Crippen molar-refractivity contribution in [3.63, 3.8) is 0 Å². The topological polar surface area (TPSA) is 169 Å². The third-order valence-corrected chi connectivity index (χ3v) is 7.14. The lowest BCUT2D eigenvalue weighted by molar-refractivity contribution is -0.174. The van der Waals surface area contributed by atoms with Crippen molar-refractivity contribution in [2.45, 2.75) is 146 Å². The van der Waals surface area contributed by atoms with Crippen molar-refractivity contribution in [2.24, 2.45) is 0 Å². The number of carbonyl (C=O) groups excluding carboxylic acids is 2. The molecule has 0 saturated carbocycles. The SMILES string of the molecule is CCCCCCCCCCCCCCCOCCCC(CCNC(=O)[C@H](O)[C@@H](O)[C@H](O)[C@H](O)CO)NC(=O)C(F)(F)F. The molecule has 0 aliphatic carbocycles. The summed E-state index contributed by atoms with van der Waals surface area (Å²) in [4.78, 5) is 23.4. The van der Waals surface area contributed by atoms with Gasteiger partial charge in [-0.3, -0.25) is 9.59 Å². The van der Waals surface area contributed by atoms with Crippen LogP contribution in [0.15, 0.2) is 0 Å². The standard InChI is InChI=1S/C29H55F3N2O8/c1-2-3-4-5-6-7-8-9-10-11-12-13-14-19-42-20-15-16-22(34-28(41)29(30,31)32)17-18-33-27(40)26(39)25(38)24(37)23(36)21-35/h22-26,35-39H,2-21H2,1H3,(H,33,40)(H,34,41)/t22?,23-,24-,25+,26-/m1/s1. The molecule has 0 bridgehead atoms. The number of rotatable bonds is 27. The fourth-order valence-corrected chi connectivity index (χ4v) is 4.46. The lowest BCUT2D eigenvalue weighted by atomic mass is 10.0. The number of hydrogen-bond donors (Lipinski definition) is 7. The lowest BCUT2D eigenvalue weighted by Crippen LogP contribution is -2.52. The molecule has 0 heterocycles. The quantitative estimate of drug-likeness (QED) is 0.0692. The predicted octanol–water partition coefficient (Wildman–Crippen LogP) is 2.86. The minimum atomic E-state index is -5.07. The molecule has 0 aliphatic rings. The smallest absolute Gasteiger partial charge is 0.394 e. The fourth-order valence-electron chi connectivity index (χ4n) is 4.46. The van der Waals surface area contributed by atoms with Gasteiger partial charge in [0.2, 0.25) is 0 Å². The van der Waals surface area contributed by atoms with E-state index in [1.165, 1.54) is 64.2 Å². The monoisotopic (exact) mass is 616 g/mol. The van der Waals surface area contributed by atoms with E-state index in [2.05, 4.69) is 12.2 Å². The van der Waals surface area contributed by atoms with Gasteiger partial charge in [-0.25, -0.2) is 0 Å². The third-order valence-electron chi connectivity index (χ3n) is 7.14. The molecule has 7 N–H and O–H groups in total. The Morgan fingerprint density at radius 3 is 1.74 bits per heavy atom. The molecule has 1 unspecified atom stereocenters. The summed E-state index contributed by atoms with van der Waals surface area (Å²) in [6.45, 7) is 1.91. The van der Waals surface area contributed by atoms with Crippen LogP contribution >= 0.6 is 0 Å². The van der Waals surface area contributed by atoms with E-state index < -0.39 is 55.1 Å². The molecule has 2 amide bonds. The Kier molecular flexibility index (Phi) is 24.0. The van der Waals surface area contributed by atoms with E-state index in [1.807, 2.05) is 5.32 Å². The second kappa shape index (κ2) is 24.9. The van der Waals surface area contributed by atoms with Crippen molar-refractivity contribution in [2.75, 3.05) is 26.4 Å². The van der Waals surface area contributed by atoms with Crippen molar-refractivity contribution >= 4 is 11.8 Å². The van der Waals surface area contributed by atoms with Crippen LogP contribution < -0.4 is 10.6 Å². The Labute approximate surface area is 248 Å². The van der Waals surface area contributed by atoms with Crippen LogP contribution in [-0.2, 0) is 14.3 Å². The molecule has 0 spiro atoms. The van der Waals surface area contributed by atoms with Crippen LogP contribution in [0.1, 0.15) is 110 Å². The summed E-state index contributed by atoms with van der Waals surface area (Å²) in [5, 5.41) is 51.4. The van der Waals surface area contributed by atoms with Gasteiger partial charge in [-0.1, -0.05) is 84.0 Å². The van der Waals surface area contributed by atoms with Crippen LogP contribution in [0.3, 0.4) is 0 Å². The molecular weight excluding hydrogens is 561 g/mol. The Morgan fingerprint density at radius 1 is 0.738 bits per heavy atom. The minimum Gasteiger partial charge on any atom is -0.394 e. The van der Waals surface area contributed by atoms with Crippen molar-refractivity contribution in [3.8, 4) is 0 Å². The number of aliphatic hydroxyl groups is 5. The van der Waals surface area contributed by atoms with Gasteiger partial charge in [0.25, 0.3) is 5.91 Å². The zero-order valence-corrected chi connectivity index (χ0v) is 25.1. The third kappa shape index (κ3) is 20.4. The van der Waals surface area contributed by atoms with Gasteiger partial charge in [-0.15, -0.1) is 0 Å². The fraction of sp³-hybridized carbons (Fsp3) is 0.931. The van der Waals surface area contributed by atoms with E-state index in [4.69, 9.17) is 9.84 Å². The van der Waals surface area contributed by atoms with Gasteiger partial charge in [-0.05, 0) is 25.7 Å². The van der Waals surface area contributed by atoms with Crippen LogP contribution in [0, 0.1) is 0 Å². The molecule has 5 atom stereocenters. The van der Waals surface area contributed by atoms with Gasteiger partial charge >= 0.3 is 12.1 Å². The molecule has 0 fully saturated rings. The first-order valence-corrected chi connectivity index (χ1v) is 15.5. The van der Waals surface area contributed by atoms with Crippen molar-refractivity contribution in [1.82, 2.24) is 10.6 Å². The number of halogens is 3. The van der Waals surface area contributed by atoms with Gasteiger partial charge < -0.3 is 40.9 Å². The van der Waals surface area contributed by atoms with E-state index in [9.17, 15) is 43.2 Å². The summed E-state index contributed by atoms with van der Waals surface area (Å²) in [6.07, 6.45) is 3.37. The van der Waals surface area contributed by atoms with Crippen LogP contribution in [-0.4, -0.2) is 100 Å². The van der Waals surface area contributed by atoms with Crippen LogP contribution in [0.25, 0.3) is 0 Å². The van der Waals surface area contributed by atoms with Gasteiger partial charge in [0.05, 0.1) is 6.61 Å². The molecule has 0 rings (SSSR count). The van der Waals surface area contributed by atoms with E-state index in [0.29, 0.717) is 19.6 Å². The number of amides is 2. The Morgan fingerprint density at radius 2 is 1.24 bits per heavy atom. The van der Waals surface area contributed by atoms with Gasteiger partial charge in [0, 0.05) is 25.8 Å². The van der Waals surface area contributed by atoms with E-state index >= 15 is 0 Å². The minimum absolute atomic E-state index is 0.100. The summed E-state index contributed by atoms with van der Waals surface area (Å²) in [7, 11) is 0. The number of hydrogen-bond acceptors (Lipinski definition) is 8. The molecule has 0 saturated heterocycles. The zero-order valence-electron chi connectivity index (χ0n) is 25.1. The number of aliphatic hydroxyl groups excluding tert-OH is 5. The number of nitrogens with one attached hydrogen (secondary N) is 2. The highest BCUT2D eigenvalue weighted by Gasteiger charge is 2.39. The van der Waals surface area contributed by atoms with Crippen LogP contribution in [0.2, 0.25) is 0 Å². The Balaban J connectivity index is 4.18. The maximum Gasteiger partial charge on any atom is 0.471 e. The maximum absolute atomic E-state index is 12.7. The highest BCUT2D eigenvalue weighted by molar-refractivity contribution is 5.82. The normalized spacial score (nSPS) is 15.5. The number of carbonyl (C=O) groups is 2. The van der Waals surface area contributed by atoms with Gasteiger partial charge in [0.15, 0.2) is 6.10 Å². The molecule has 250 valence electrons. The van der Waals surface area contributed by atoms with Crippen molar-refractivity contribution < 1.29 is 53.0 Å². The molecule has 0 aromatic heterocycles. The first-order chi connectivity index (χ1) is 19.9. The highest BCUT2D eigenvalue weighted by Crippen LogP contribution is 2.16. The molecule has 13 heteroatoms. The Hall–Kier alpha value is -1.51. The second-order valence-corrected chi connectivity index (χ2v) is 10.9. The largest absolute Gasteiger partial charge is 0.471 e. The highest BCUT2D eigenvalue weighted by atomic mass is 19.4. The molecule has 42 heavy (non-hydrogen) atoms. The first kappa shape index (κ1) is 40.5. The predicted molar refractivity (Wildman–Crippen MR) is 152 cm³/mol. The van der Waals surface area contributed by atoms with Crippen molar-refractivity contribution in [1.29, 1.82) is 0 Å². The zero-order chi connectivity index (χ0) is 31.8. The summed E-state index contributed by atoms with van der Waals surface area (Å²) in [6, 6.07) is -0.941. The number of alkyl halides is 3. The molecule has 10 nitrogen and oxygen atoms in total. The molecule has 0 radical (unpaired) electrons. The molecule has 0 aliphatic heterocycles. The lowest BCUT2D eigenvalue weighted by Gasteiger charge is -2.25. The molecule has 0 aromatic carbocycles. The maximum atomic E-state index is 12.7.